The number of carbonyl (C=O) groups excluding carboxylic acids is 1. The lowest BCUT2D eigenvalue weighted by atomic mass is 10.0. The van der Waals surface area contributed by atoms with Gasteiger partial charge >= 0.3 is 0 Å². The Morgan fingerprint density at radius 3 is 2.45 bits per heavy atom. The number of benzene rings is 2. The van der Waals surface area contributed by atoms with E-state index >= 15 is 0 Å². The Morgan fingerprint density at radius 2 is 1.71 bits per heavy atom. The van der Waals surface area contributed by atoms with Crippen LogP contribution in [0.3, 0.4) is 0 Å². The molecular weight excluding hydrogens is 552 g/mol. The topological polar surface area (TPSA) is 98.3 Å². The summed E-state index contributed by atoms with van der Waals surface area (Å²) in [5.41, 5.74) is 3.01. The van der Waals surface area contributed by atoms with Crippen LogP contribution in [0.1, 0.15) is 43.0 Å². The fraction of sp³-hybridized carbons (Fsp3) is 0.419. The van der Waals surface area contributed by atoms with Gasteiger partial charge in [0, 0.05) is 44.9 Å². The van der Waals surface area contributed by atoms with Gasteiger partial charge in [0.15, 0.2) is 0 Å². The summed E-state index contributed by atoms with van der Waals surface area (Å²) in [6.07, 6.45) is 6.16. The Kier molecular flexibility index (Phi) is 7.71. The van der Waals surface area contributed by atoms with E-state index < -0.39 is 10.0 Å². The first-order valence-corrected chi connectivity index (χ1v) is 16.1. The minimum Gasteiger partial charge on any atom is -0.492 e. The van der Waals surface area contributed by atoms with Crippen molar-refractivity contribution in [2.24, 2.45) is 0 Å². The van der Waals surface area contributed by atoms with E-state index in [9.17, 15) is 13.2 Å². The fourth-order valence-electron chi connectivity index (χ4n) is 6.27. The van der Waals surface area contributed by atoms with Crippen molar-refractivity contribution in [3.63, 3.8) is 0 Å². The molecule has 3 aliphatic rings. The molecule has 2 aromatic carbocycles. The van der Waals surface area contributed by atoms with E-state index in [1.807, 2.05) is 48.0 Å². The highest BCUT2D eigenvalue weighted by atomic mass is 32.2. The third-order valence-corrected chi connectivity index (χ3v) is 10.4. The van der Waals surface area contributed by atoms with Gasteiger partial charge in [0.1, 0.15) is 16.5 Å². The molecule has 1 aromatic heterocycles. The van der Waals surface area contributed by atoms with E-state index in [1.54, 1.807) is 30.5 Å². The van der Waals surface area contributed by atoms with Crippen LogP contribution in [0.2, 0.25) is 0 Å². The molecule has 0 aliphatic carbocycles. The number of amides is 1. The summed E-state index contributed by atoms with van der Waals surface area (Å²) >= 11 is 0. The molecule has 0 bridgehead atoms. The molecule has 0 radical (unpaired) electrons. The van der Waals surface area contributed by atoms with E-state index in [-0.39, 0.29) is 10.8 Å². The van der Waals surface area contributed by atoms with Gasteiger partial charge in [-0.2, -0.15) is 0 Å². The van der Waals surface area contributed by atoms with Crippen LogP contribution in [0.4, 0.5) is 28.6 Å². The molecule has 3 aliphatic heterocycles. The summed E-state index contributed by atoms with van der Waals surface area (Å²) in [6.45, 7) is 6.25. The Morgan fingerprint density at radius 1 is 0.976 bits per heavy atom. The Labute approximate surface area is 247 Å². The molecular formula is C31H38N6O4S. The number of piperidine rings is 1. The minimum absolute atomic E-state index is 0.0232. The van der Waals surface area contributed by atoms with Crippen molar-refractivity contribution in [1.29, 1.82) is 0 Å². The number of nitrogens with one attached hydrogen (secondary N) is 1. The Balaban J connectivity index is 1.23. The highest BCUT2D eigenvalue weighted by Crippen LogP contribution is 2.43. The van der Waals surface area contributed by atoms with Gasteiger partial charge < -0.3 is 24.8 Å². The number of pyridine rings is 1. The summed E-state index contributed by atoms with van der Waals surface area (Å²) < 4.78 is 33.8. The van der Waals surface area contributed by atoms with E-state index in [0.29, 0.717) is 52.5 Å². The highest BCUT2D eigenvalue weighted by molar-refractivity contribution is 7.93. The molecule has 1 amide bonds. The SMILES string of the molecule is CCOc1cc(C(=O)N2CCC(N3CCCC3)CC2)ccc1Nc1cc2c(cn1)N(C)S(=O)(=O)c1ccccc1N2C. The number of para-hydroxylation sites is 1. The monoisotopic (exact) mass is 590 g/mol. The van der Waals surface area contributed by atoms with Crippen LogP contribution in [0.15, 0.2) is 59.6 Å². The molecule has 4 heterocycles. The van der Waals surface area contributed by atoms with Crippen molar-refractivity contribution < 1.29 is 17.9 Å². The second kappa shape index (κ2) is 11.4. The van der Waals surface area contributed by atoms with Crippen molar-refractivity contribution in [3.05, 3.63) is 60.3 Å². The molecule has 1 N–H and O–H groups in total. The molecule has 0 unspecified atom stereocenters. The summed E-state index contributed by atoms with van der Waals surface area (Å²) in [5, 5.41) is 3.33. The third kappa shape index (κ3) is 5.15. The van der Waals surface area contributed by atoms with Crippen LogP contribution in [0.5, 0.6) is 5.75 Å². The number of hydrogen-bond donors (Lipinski definition) is 1. The van der Waals surface area contributed by atoms with Gasteiger partial charge in [-0.25, -0.2) is 13.4 Å². The zero-order valence-electron chi connectivity index (χ0n) is 24.4. The molecule has 42 heavy (non-hydrogen) atoms. The molecule has 6 rings (SSSR count). The molecule has 0 saturated carbocycles. The van der Waals surface area contributed by atoms with Crippen LogP contribution >= 0.6 is 0 Å². The predicted octanol–water partition coefficient (Wildman–Crippen LogP) is 4.83. The number of sulfonamides is 1. The summed E-state index contributed by atoms with van der Waals surface area (Å²) in [4.78, 5) is 24.6. The molecule has 222 valence electrons. The van der Waals surface area contributed by atoms with Crippen molar-refractivity contribution in [2.45, 2.75) is 43.5 Å². The molecule has 2 saturated heterocycles. The maximum Gasteiger partial charge on any atom is 0.266 e. The predicted molar refractivity (Wildman–Crippen MR) is 165 cm³/mol. The number of hydrogen-bond acceptors (Lipinski definition) is 8. The van der Waals surface area contributed by atoms with Gasteiger partial charge in [0.05, 0.1) is 35.6 Å². The number of nitrogens with zero attached hydrogens (tertiary/aromatic N) is 5. The largest absolute Gasteiger partial charge is 0.492 e. The number of rotatable bonds is 6. The first-order valence-electron chi connectivity index (χ1n) is 14.7. The number of carbonyl (C=O) groups is 1. The number of ether oxygens (including phenoxy) is 1. The minimum atomic E-state index is -3.75. The molecule has 0 spiro atoms. The lowest BCUT2D eigenvalue weighted by Gasteiger charge is -2.36. The molecule has 11 heteroatoms. The van der Waals surface area contributed by atoms with Gasteiger partial charge in [-0.1, -0.05) is 12.1 Å². The van der Waals surface area contributed by atoms with Crippen LogP contribution in [-0.4, -0.2) is 82.0 Å². The third-order valence-electron chi connectivity index (χ3n) is 8.63. The quantitative estimate of drug-likeness (QED) is 0.436. The summed E-state index contributed by atoms with van der Waals surface area (Å²) in [7, 11) is -0.365. The summed E-state index contributed by atoms with van der Waals surface area (Å²) in [5.74, 6) is 1.11. The number of fused-ring (bicyclic) bond motifs is 2. The number of anilines is 5. The Hall–Kier alpha value is -3.83. The van der Waals surface area contributed by atoms with Crippen LogP contribution in [0, 0.1) is 0 Å². The number of likely N-dealkylation sites (tertiary alicyclic amines) is 2. The highest BCUT2D eigenvalue weighted by Gasteiger charge is 2.33. The lowest BCUT2D eigenvalue weighted by Crippen LogP contribution is -2.45. The van der Waals surface area contributed by atoms with E-state index in [2.05, 4.69) is 15.2 Å². The molecule has 0 atom stereocenters. The smallest absolute Gasteiger partial charge is 0.266 e. The van der Waals surface area contributed by atoms with Gasteiger partial charge in [-0.3, -0.25) is 9.10 Å². The zero-order valence-corrected chi connectivity index (χ0v) is 25.2. The average Bonchev–Trinajstić information content (AvgIpc) is 3.55. The first-order chi connectivity index (χ1) is 20.3. The van der Waals surface area contributed by atoms with E-state index in [4.69, 9.17) is 4.74 Å². The molecule has 2 fully saturated rings. The molecule has 3 aromatic rings. The van der Waals surface area contributed by atoms with Gasteiger partial charge in [-0.15, -0.1) is 0 Å². The van der Waals surface area contributed by atoms with E-state index in [0.717, 1.165) is 25.9 Å². The van der Waals surface area contributed by atoms with Crippen molar-refractivity contribution in [2.75, 3.05) is 61.4 Å². The van der Waals surface area contributed by atoms with Crippen LogP contribution in [-0.2, 0) is 10.0 Å². The zero-order chi connectivity index (χ0) is 29.4. The van der Waals surface area contributed by atoms with Crippen molar-refractivity contribution in [3.8, 4) is 5.75 Å². The van der Waals surface area contributed by atoms with E-state index in [1.165, 1.54) is 37.3 Å². The normalized spacial score (nSPS) is 18.8. The Bertz CT molecular complexity index is 1580. The maximum atomic E-state index is 13.4. The van der Waals surface area contributed by atoms with Gasteiger partial charge in [0.25, 0.3) is 15.9 Å². The summed E-state index contributed by atoms with van der Waals surface area (Å²) in [6, 6.07) is 14.8. The standard InChI is InChI=1S/C31H38N6O4S/c1-4-41-28-19-22(31(38)37-17-13-23(14-18-37)36-15-7-8-16-36)11-12-24(28)33-30-20-26-27(21-32-30)35(3)42(39,40)29-10-6-5-9-25(29)34(26)2/h5-6,9-12,19-21,23H,4,7-8,13-18H2,1-3H3,(H,32,33). The first kappa shape index (κ1) is 28.3. The van der Waals surface area contributed by atoms with Crippen molar-refractivity contribution in [1.82, 2.24) is 14.8 Å². The molecule has 10 nitrogen and oxygen atoms in total. The maximum absolute atomic E-state index is 13.4. The van der Waals surface area contributed by atoms with Gasteiger partial charge in [-0.05, 0) is 76.0 Å². The van der Waals surface area contributed by atoms with Gasteiger partial charge in [0.2, 0.25) is 0 Å². The second-order valence-electron chi connectivity index (χ2n) is 11.1. The average molecular weight is 591 g/mol. The lowest BCUT2D eigenvalue weighted by molar-refractivity contribution is 0.0644. The van der Waals surface area contributed by atoms with Crippen LogP contribution < -0.4 is 19.3 Å². The fourth-order valence-corrected chi connectivity index (χ4v) is 7.69. The van der Waals surface area contributed by atoms with Crippen molar-refractivity contribution >= 4 is 44.5 Å². The second-order valence-corrected chi connectivity index (χ2v) is 13.0. The van der Waals surface area contributed by atoms with Crippen LogP contribution in [0.25, 0.3) is 0 Å². The number of aromatic nitrogens is 1.